The maximum absolute atomic E-state index is 5.58. The average molecular weight is 240 g/mol. The van der Waals surface area contributed by atoms with Crippen LogP contribution < -0.4 is 0 Å². The molecule has 0 bridgehead atoms. The largest absolute Gasteiger partial charge is 0.425 e. The molecule has 2 aliphatic rings. The van der Waals surface area contributed by atoms with Crippen LogP contribution in [0.15, 0.2) is 0 Å². The van der Waals surface area contributed by atoms with E-state index in [4.69, 9.17) is 21.2 Å². The first kappa shape index (κ1) is 9.23. The second-order valence-electron chi connectivity index (χ2n) is 2.72. The van der Waals surface area contributed by atoms with Crippen LogP contribution in [-0.4, -0.2) is 52.0 Å². The van der Waals surface area contributed by atoms with Crippen molar-refractivity contribution in [2.75, 3.05) is 6.61 Å². The van der Waals surface area contributed by atoms with Gasteiger partial charge < -0.3 is 21.2 Å². The molecule has 2 rings (SSSR count). The van der Waals surface area contributed by atoms with E-state index in [0.29, 0.717) is 6.10 Å². The second kappa shape index (κ2) is 4.78. The Labute approximate surface area is 79.7 Å². The van der Waals surface area contributed by atoms with Crippen molar-refractivity contribution in [1.29, 1.82) is 0 Å². The Balaban J connectivity index is 1.69. The van der Waals surface area contributed by atoms with Crippen LogP contribution in [0.25, 0.3) is 0 Å². The zero-order valence-corrected chi connectivity index (χ0v) is 12.1. The first-order chi connectivity index (χ1) is 5.95. The number of epoxide rings is 1. The topological polar surface area (TPSA) is 49.5 Å². The Morgan fingerprint density at radius 2 is 1.83 bits per heavy atom. The van der Waals surface area contributed by atoms with Crippen molar-refractivity contribution in [2.45, 2.75) is 12.1 Å². The highest BCUT2D eigenvalue weighted by molar-refractivity contribution is 6.60. The molecule has 0 saturated carbocycles. The Kier molecular flexibility index (Phi) is 3.68. The number of hydrogen-bond acceptors (Lipinski definition) is 5. The zero-order valence-electron chi connectivity index (χ0n) is 6.73. The van der Waals surface area contributed by atoms with Gasteiger partial charge >= 0.3 is 9.28 Å². The summed E-state index contributed by atoms with van der Waals surface area (Å²) in [6.07, 6.45) is 0.418. The fourth-order valence-corrected chi connectivity index (χ4v) is 9.81. The van der Waals surface area contributed by atoms with Gasteiger partial charge in [-0.1, -0.05) is 0 Å². The summed E-state index contributed by atoms with van der Waals surface area (Å²) < 4.78 is 26.8. The van der Waals surface area contributed by atoms with Gasteiger partial charge in [0.05, 0.1) is 12.7 Å². The summed E-state index contributed by atoms with van der Waals surface area (Å²) >= 11 is 0. The summed E-state index contributed by atoms with van der Waals surface area (Å²) in [6, 6.07) is 0.980. The highest BCUT2D eigenvalue weighted by atomic mass is 28.4. The summed E-state index contributed by atoms with van der Waals surface area (Å²) in [5, 5.41) is 0. The minimum absolute atomic E-state index is 0.418. The molecule has 2 saturated heterocycles. The molecule has 9 heteroatoms. The summed E-state index contributed by atoms with van der Waals surface area (Å²) in [5.41, 5.74) is 0. The van der Waals surface area contributed by atoms with Crippen LogP contribution in [0.2, 0.25) is 6.04 Å². The van der Waals surface area contributed by atoms with E-state index in [1.165, 1.54) is 0 Å². The van der Waals surface area contributed by atoms with Gasteiger partial charge in [0.2, 0.25) is 0 Å². The molecule has 12 heavy (non-hydrogen) atoms. The molecule has 1 atom stereocenters. The van der Waals surface area contributed by atoms with Crippen LogP contribution >= 0.6 is 0 Å². The molecule has 0 N–H and O–H groups in total. The SMILES string of the molecule is C1OC1C[SiH]1O[SiH2]O[SiH2]O[SiH2]O1. The van der Waals surface area contributed by atoms with Crippen molar-refractivity contribution in [2.24, 2.45) is 0 Å². The van der Waals surface area contributed by atoms with Crippen molar-refractivity contribution >= 4 is 39.3 Å². The van der Waals surface area contributed by atoms with Gasteiger partial charge in [0.15, 0.2) is 0 Å². The standard InChI is InChI=1S/C3H12O5Si4/c1-3(4-1)2-12-7-10-5-9-6-11-8-12/h3,12H,1-2,9-11H2. The molecule has 2 aliphatic heterocycles. The molecular formula is C3H12O5Si4. The smallest absolute Gasteiger partial charge is 0.305 e. The summed E-state index contributed by atoms with van der Waals surface area (Å²) in [7, 11) is -3.68. The van der Waals surface area contributed by atoms with E-state index in [9.17, 15) is 0 Å². The van der Waals surface area contributed by atoms with E-state index in [1.54, 1.807) is 0 Å². The van der Waals surface area contributed by atoms with E-state index in [1.807, 2.05) is 0 Å². The minimum Gasteiger partial charge on any atom is -0.425 e. The van der Waals surface area contributed by atoms with Crippen LogP contribution in [0.4, 0.5) is 0 Å². The highest BCUT2D eigenvalue weighted by Crippen LogP contribution is 2.17. The van der Waals surface area contributed by atoms with E-state index < -0.39 is 39.3 Å². The number of hydrogen-bond donors (Lipinski definition) is 0. The molecule has 70 valence electrons. The van der Waals surface area contributed by atoms with Gasteiger partial charge in [-0.25, -0.2) is 0 Å². The molecule has 2 heterocycles. The van der Waals surface area contributed by atoms with Gasteiger partial charge in [-0.2, -0.15) is 0 Å². The lowest BCUT2D eigenvalue weighted by molar-refractivity contribution is 0.321. The van der Waals surface area contributed by atoms with Crippen molar-refractivity contribution in [1.82, 2.24) is 0 Å². The zero-order chi connectivity index (χ0) is 8.23. The molecule has 0 aliphatic carbocycles. The lowest BCUT2D eigenvalue weighted by atomic mass is 10.6. The molecule has 0 radical (unpaired) electrons. The third kappa shape index (κ3) is 3.19. The predicted molar refractivity (Wildman–Crippen MR) is 51.7 cm³/mol. The maximum atomic E-state index is 5.58. The van der Waals surface area contributed by atoms with Gasteiger partial charge in [0, 0.05) is 6.04 Å². The Bertz CT molecular complexity index is 135. The van der Waals surface area contributed by atoms with Crippen LogP contribution in [0, 0.1) is 0 Å². The van der Waals surface area contributed by atoms with Crippen molar-refractivity contribution in [3.05, 3.63) is 0 Å². The first-order valence-electron chi connectivity index (χ1n) is 3.95. The van der Waals surface area contributed by atoms with E-state index in [2.05, 4.69) is 0 Å². The monoisotopic (exact) mass is 240 g/mol. The fraction of sp³-hybridized carbons (Fsp3) is 1.00. The Hall–Kier alpha value is 0.668. The van der Waals surface area contributed by atoms with Crippen LogP contribution in [-0.2, 0) is 21.2 Å². The Morgan fingerprint density at radius 1 is 1.17 bits per heavy atom. The molecule has 0 aromatic carbocycles. The lowest BCUT2D eigenvalue weighted by Crippen LogP contribution is -2.34. The maximum Gasteiger partial charge on any atom is 0.305 e. The molecule has 5 nitrogen and oxygen atoms in total. The molecule has 0 aromatic heterocycles. The molecule has 1 unspecified atom stereocenters. The van der Waals surface area contributed by atoms with Gasteiger partial charge in [0.25, 0.3) is 30.0 Å². The minimum atomic E-state index is -1.42. The summed E-state index contributed by atoms with van der Waals surface area (Å²) in [4.78, 5) is 0. The second-order valence-corrected chi connectivity index (χ2v) is 10.7. The van der Waals surface area contributed by atoms with Crippen LogP contribution in [0.5, 0.6) is 0 Å². The third-order valence-electron chi connectivity index (χ3n) is 1.70. The van der Waals surface area contributed by atoms with Crippen molar-refractivity contribution in [3.63, 3.8) is 0 Å². The third-order valence-corrected chi connectivity index (χ3v) is 9.34. The molecule has 2 fully saturated rings. The van der Waals surface area contributed by atoms with Crippen LogP contribution in [0.1, 0.15) is 0 Å². The number of ether oxygens (including phenoxy) is 1. The van der Waals surface area contributed by atoms with Gasteiger partial charge in [-0.3, -0.25) is 0 Å². The molecule has 0 amide bonds. The van der Waals surface area contributed by atoms with Crippen molar-refractivity contribution in [3.8, 4) is 0 Å². The first-order valence-corrected chi connectivity index (χ1v) is 9.18. The Morgan fingerprint density at radius 3 is 2.42 bits per heavy atom. The normalized spacial score (nSPS) is 43.0. The fourth-order valence-electron chi connectivity index (χ4n) is 0.978. The average Bonchev–Trinajstić information content (AvgIpc) is 2.78. The van der Waals surface area contributed by atoms with Crippen molar-refractivity contribution < 1.29 is 21.2 Å². The predicted octanol–water partition coefficient (Wildman–Crippen LogP) is -3.32. The van der Waals surface area contributed by atoms with E-state index >= 15 is 0 Å². The molecule has 0 aromatic rings. The molecular weight excluding hydrogens is 228 g/mol. The van der Waals surface area contributed by atoms with E-state index in [0.717, 1.165) is 12.7 Å². The van der Waals surface area contributed by atoms with E-state index in [-0.39, 0.29) is 0 Å². The quantitative estimate of drug-likeness (QED) is 0.374. The summed E-state index contributed by atoms with van der Waals surface area (Å²) in [5.74, 6) is 0. The van der Waals surface area contributed by atoms with Gasteiger partial charge in [-0.05, 0) is 0 Å². The summed E-state index contributed by atoms with van der Waals surface area (Å²) in [6.45, 7) is 0.885. The van der Waals surface area contributed by atoms with Gasteiger partial charge in [-0.15, -0.1) is 0 Å². The van der Waals surface area contributed by atoms with Crippen LogP contribution in [0.3, 0.4) is 0 Å². The molecule has 0 spiro atoms. The lowest BCUT2D eigenvalue weighted by Gasteiger charge is -2.19. The van der Waals surface area contributed by atoms with Gasteiger partial charge in [0.1, 0.15) is 0 Å². The highest BCUT2D eigenvalue weighted by Gasteiger charge is 2.29. The number of rotatable bonds is 2.